The fourth-order valence-corrected chi connectivity index (χ4v) is 1.73. The summed E-state index contributed by atoms with van der Waals surface area (Å²) in [6.45, 7) is 1.78. The molecule has 1 heterocycles. The van der Waals surface area contributed by atoms with Crippen molar-refractivity contribution in [2.45, 2.75) is 6.92 Å². The topological polar surface area (TPSA) is 68.0 Å². The summed E-state index contributed by atoms with van der Waals surface area (Å²) < 4.78 is 13.0. The third-order valence-electron chi connectivity index (χ3n) is 2.56. The average Bonchev–Trinajstić information content (AvgIpc) is 2.36. The summed E-state index contributed by atoms with van der Waals surface area (Å²) in [5, 5.41) is 2.98. The number of benzene rings is 1. The number of anilines is 2. The van der Waals surface area contributed by atoms with Gasteiger partial charge in [-0.25, -0.2) is 4.39 Å². The lowest BCUT2D eigenvalue weighted by molar-refractivity contribution is 0.102. The Morgan fingerprint density at radius 2 is 2.11 bits per heavy atom. The van der Waals surface area contributed by atoms with E-state index in [2.05, 4.69) is 10.3 Å². The molecule has 0 radical (unpaired) electrons. The number of nitrogen functional groups attached to an aromatic ring is 1. The van der Waals surface area contributed by atoms with Crippen molar-refractivity contribution in [1.29, 1.82) is 0 Å². The van der Waals surface area contributed by atoms with Crippen molar-refractivity contribution in [3.8, 4) is 0 Å². The Kier molecular flexibility index (Phi) is 3.66. The van der Waals surface area contributed by atoms with Gasteiger partial charge in [-0.05, 0) is 30.7 Å². The van der Waals surface area contributed by atoms with Crippen LogP contribution in [-0.2, 0) is 0 Å². The molecule has 0 aliphatic heterocycles. The number of nitrogens with zero attached hydrogens (tertiary/aromatic N) is 1. The number of rotatable bonds is 2. The van der Waals surface area contributed by atoms with Gasteiger partial charge in [0.15, 0.2) is 0 Å². The maximum absolute atomic E-state index is 13.0. The van der Waals surface area contributed by atoms with Gasteiger partial charge in [0.1, 0.15) is 5.82 Å². The van der Waals surface area contributed by atoms with Crippen LogP contribution in [0.2, 0.25) is 5.02 Å². The minimum atomic E-state index is -0.570. The summed E-state index contributed by atoms with van der Waals surface area (Å²) in [4.78, 5) is 15.5. The first kappa shape index (κ1) is 13.3. The molecule has 0 unspecified atom stereocenters. The quantitative estimate of drug-likeness (QED) is 0.830. The van der Waals surface area contributed by atoms with Crippen LogP contribution in [0.3, 0.4) is 0 Å². The molecule has 0 saturated heterocycles. The van der Waals surface area contributed by atoms with E-state index < -0.39 is 11.7 Å². The van der Waals surface area contributed by atoms with Crippen molar-refractivity contribution in [3.05, 3.63) is 52.6 Å². The second kappa shape index (κ2) is 5.24. The highest BCUT2D eigenvalue weighted by Gasteiger charge is 2.10. The highest BCUT2D eigenvalue weighted by atomic mass is 35.5. The van der Waals surface area contributed by atoms with E-state index in [4.69, 9.17) is 17.3 Å². The molecule has 98 valence electrons. The molecule has 19 heavy (non-hydrogen) atoms. The molecule has 1 aromatic carbocycles. The number of carbonyl (C=O) groups excluding carboxylic acids is 1. The van der Waals surface area contributed by atoms with Gasteiger partial charge in [-0.3, -0.25) is 9.78 Å². The first-order valence-corrected chi connectivity index (χ1v) is 5.82. The van der Waals surface area contributed by atoms with Crippen molar-refractivity contribution >= 4 is 28.9 Å². The van der Waals surface area contributed by atoms with Crippen LogP contribution in [0.4, 0.5) is 15.8 Å². The molecule has 0 spiro atoms. The summed E-state index contributed by atoms with van der Waals surface area (Å²) in [5.74, 6) is -1.03. The number of carbonyl (C=O) groups is 1. The number of halogens is 2. The van der Waals surface area contributed by atoms with Crippen molar-refractivity contribution < 1.29 is 9.18 Å². The molecule has 0 bridgehead atoms. The minimum Gasteiger partial charge on any atom is -0.398 e. The van der Waals surface area contributed by atoms with Crippen LogP contribution in [0.25, 0.3) is 0 Å². The Morgan fingerprint density at radius 1 is 1.37 bits per heavy atom. The molecule has 2 rings (SSSR count). The zero-order valence-electron chi connectivity index (χ0n) is 10.1. The lowest BCUT2D eigenvalue weighted by Gasteiger charge is -2.10. The van der Waals surface area contributed by atoms with Crippen molar-refractivity contribution in [1.82, 2.24) is 4.98 Å². The third kappa shape index (κ3) is 3.00. The Labute approximate surface area is 114 Å². The summed E-state index contributed by atoms with van der Waals surface area (Å²) in [6, 6.07) is 4.31. The van der Waals surface area contributed by atoms with Gasteiger partial charge >= 0.3 is 0 Å². The van der Waals surface area contributed by atoms with Gasteiger partial charge in [0, 0.05) is 11.9 Å². The van der Waals surface area contributed by atoms with Gasteiger partial charge < -0.3 is 11.1 Å². The Balaban J connectivity index is 2.27. The third-order valence-corrected chi connectivity index (χ3v) is 2.89. The molecule has 0 fully saturated rings. The van der Waals surface area contributed by atoms with E-state index in [0.29, 0.717) is 16.4 Å². The number of nitrogens with two attached hydrogens (primary N) is 1. The normalized spacial score (nSPS) is 10.3. The van der Waals surface area contributed by atoms with E-state index in [1.807, 2.05) is 0 Å². The lowest BCUT2D eigenvalue weighted by atomic mass is 10.1. The fourth-order valence-electron chi connectivity index (χ4n) is 1.57. The predicted octanol–water partition coefficient (Wildman–Crippen LogP) is 3.02. The van der Waals surface area contributed by atoms with Crippen molar-refractivity contribution in [2.75, 3.05) is 11.1 Å². The Morgan fingerprint density at radius 3 is 2.79 bits per heavy atom. The molecule has 3 N–H and O–H groups in total. The number of aryl methyl sites for hydroxylation is 1. The van der Waals surface area contributed by atoms with E-state index in [0.717, 1.165) is 17.8 Å². The number of hydrogen-bond donors (Lipinski definition) is 2. The smallest absolute Gasteiger partial charge is 0.257 e. The van der Waals surface area contributed by atoms with Gasteiger partial charge in [-0.1, -0.05) is 11.6 Å². The molecule has 0 atom stereocenters. The van der Waals surface area contributed by atoms with Crippen LogP contribution in [0, 0.1) is 12.7 Å². The maximum Gasteiger partial charge on any atom is 0.257 e. The molecule has 2 aromatic rings. The van der Waals surface area contributed by atoms with Gasteiger partial charge in [0.2, 0.25) is 0 Å². The number of amides is 1. The van der Waals surface area contributed by atoms with Crippen LogP contribution in [-0.4, -0.2) is 10.9 Å². The number of aromatic nitrogens is 1. The van der Waals surface area contributed by atoms with Gasteiger partial charge in [-0.2, -0.15) is 0 Å². The summed E-state index contributed by atoms with van der Waals surface area (Å²) in [7, 11) is 0. The molecule has 6 heteroatoms. The fraction of sp³-hybridized carbons (Fsp3) is 0.0769. The van der Waals surface area contributed by atoms with Gasteiger partial charge in [0.25, 0.3) is 5.91 Å². The van der Waals surface area contributed by atoms with Crippen molar-refractivity contribution in [3.63, 3.8) is 0 Å². The van der Waals surface area contributed by atoms with Gasteiger partial charge in [-0.15, -0.1) is 0 Å². The molecular formula is C13H11ClFN3O. The summed E-state index contributed by atoms with van der Waals surface area (Å²) in [6.07, 6.45) is 2.31. The highest BCUT2D eigenvalue weighted by Crippen LogP contribution is 2.27. The van der Waals surface area contributed by atoms with Crippen LogP contribution < -0.4 is 11.1 Å². The van der Waals surface area contributed by atoms with Crippen molar-refractivity contribution in [2.24, 2.45) is 0 Å². The zero-order chi connectivity index (χ0) is 14.0. The van der Waals surface area contributed by atoms with Crippen LogP contribution >= 0.6 is 11.6 Å². The van der Waals surface area contributed by atoms with Crippen LogP contribution in [0.15, 0.2) is 30.6 Å². The molecule has 1 aromatic heterocycles. The molecule has 0 saturated carbocycles. The lowest BCUT2D eigenvalue weighted by Crippen LogP contribution is -2.13. The number of hydrogen-bond acceptors (Lipinski definition) is 3. The molecule has 4 nitrogen and oxygen atoms in total. The maximum atomic E-state index is 13.0. The molecular weight excluding hydrogens is 269 g/mol. The van der Waals surface area contributed by atoms with Crippen LogP contribution in [0.5, 0.6) is 0 Å². The largest absolute Gasteiger partial charge is 0.398 e. The second-order valence-corrected chi connectivity index (χ2v) is 4.44. The van der Waals surface area contributed by atoms with E-state index >= 15 is 0 Å². The second-order valence-electron chi connectivity index (χ2n) is 4.03. The van der Waals surface area contributed by atoms with E-state index in [-0.39, 0.29) is 5.56 Å². The van der Waals surface area contributed by atoms with E-state index in [9.17, 15) is 9.18 Å². The van der Waals surface area contributed by atoms with E-state index in [1.165, 1.54) is 6.20 Å². The average molecular weight is 280 g/mol. The standard InChI is InChI=1S/C13H11ClFN3O/c1-7-2-11(16)10(14)4-12(7)18-13(19)8-3-9(15)6-17-5-8/h2-6H,16H2,1H3,(H,18,19). The van der Waals surface area contributed by atoms with E-state index in [1.54, 1.807) is 19.1 Å². The van der Waals surface area contributed by atoms with Crippen LogP contribution in [0.1, 0.15) is 15.9 Å². The monoisotopic (exact) mass is 279 g/mol. The Bertz CT molecular complexity index is 646. The summed E-state index contributed by atoms with van der Waals surface area (Å²) in [5.41, 5.74) is 7.50. The first-order valence-electron chi connectivity index (χ1n) is 5.45. The SMILES string of the molecule is Cc1cc(N)c(Cl)cc1NC(=O)c1cncc(F)c1. The first-order chi connectivity index (χ1) is 8.97. The molecule has 0 aliphatic carbocycles. The predicted molar refractivity (Wildman–Crippen MR) is 72.7 cm³/mol. The molecule has 1 amide bonds. The number of nitrogens with one attached hydrogen (secondary N) is 1. The highest BCUT2D eigenvalue weighted by molar-refractivity contribution is 6.33. The molecule has 0 aliphatic rings. The van der Waals surface area contributed by atoms with Gasteiger partial charge in [0.05, 0.1) is 22.5 Å². The number of pyridine rings is 1. The summed E-state index contributed by atoms with van der Waals surface area (Å²) >= 11 is 5.89. The zero-order valence-corrected chi connectivity index (χ0v) is 10.8. The minimum absolute atomic E-state index is 0.132. The Hall–Kier alpha value is -2.14.